The summed E-state index contributed by atoms with van der Waals surface area (Å²) in [5.74, 6) is -2.40. The molecule has 0 amide bonds. The number of halogens is 5. The summed E-state index contributed by atoms with van der Waals surface area (Å²) in [7, 11) is 1.43. The number of alkyl halides is 3. The predicted octanol–water partition coefficient (Wildman–Crippen LogP) is 6.04. The summed E-state index contributed by atoms with van der Waals surface area (Å²) < 4.78 is 44.5. The van der Waals surface area contributed by atoms with E-state index in [9.17, 15) is 13.6 Å². The lowest BCUT2D eigenvalue weighted by Crippen LogP contribution is -2.48. The number of hydrogen-bond donors (Lipinski definition) is 2. The average molecular weight is 535 g/mol. The Morgan fingerprint density at radius 1 is 1.24 bits per heavy atom. The third-order valence-corrected chi connectivity index (χ3v) is 5.82. The number of carbonyl (C=O) groups excluding carboxylic acids is 1. The van der Waals surface area contributed by atoms with E-state index in [0.29, 0.717) is 16.2 Å². The quantitative estimate of drug-likeness (QED) is 0.204. The highest BCUT2D eigenvalue weighted by Crippen LogP contribution is 2.44. The van der Waals surface area contributed by atoms with Gasteiger partial charge in [-0.05, 0) is 42.8 Å². The van der Waals surface area contributed by atoms with Crippen LogP contribution in [0, 0.1) is 10.8 Å². The molecule has 2 aromatic carbocycles. The van der Waals surface area contributed by atoms with Crippen LogP contribution in [0.5, 0.6) is 5.75 Å². The summed E-state index contributed by atoms with van der Waals surface area (Å²) in [6, 6.07) is 9.12. The normalized spacial score (nSPS) is 18.2. The van der Waals surface area contributed by atoms with Gasteiger partial charge in [-0.2, -0.15) is 8.78 Å². The number of hydrogen-bond acceptors (Lipinski definition) is 6. The number of carbonyl (C=O) groups is 1. The average Bonchev–Trinajstić information content (AvgIpc) is 2.87. The molecule has 2 aromatic rings. The van der Waals surface area contributed by atoms with Gasteiger partial charge in [0.15, 0.2) is 5.84 Å². The summed E-state index contributed by atoms with van der Waals surface area (Å²) in [6.45, 7) is 1.67. The molecular weight excluding hydrogens is 515 g/mol. The molecule has 7 nitrogen and oxygen atoms in total. The molecule has 0 bridgehead atoms. The van der Waals surface area contributed by atoms with E-state index < -0.39 is 41.7 Å². The van der Waals surface area contributed by atoms with Crippen LogP contribution in [0.4, 0.5) is 14.5 Å². The van der Waals surface area contributed by atoms with Crippen LogP contribution in [0.2, 0.25) is 10.0 Å². The van der Waals surface area contributed by atoms with Gasteiger partial charge in [0.05, 0.1) is 30.8 Å². The summed E-state index contributed by atoms with van der Waals surface area (Å²) in [6.07, 6.45) is -2.95. The fourth-order valence-electron chi connectivity index (χ4n) is 3.53. The van der Waals surface area contributed by atoms with Gasteiger partial charge in [-0.1, -0.05) is 35.3 Å². The molecule has 34 heavy (non-hydrogen) atoms. The van der Waals surface area contributed by atoms with Gasteiger partial charge in [-0.25, -0.2) is 0 Å². The van der Waals surface area contributed by atoms with Gasteiger partial charge in [0.25, 0.3) is 0 Å². The Bertz CT molecular complexity index is 1130. The predicted molar refractivity (Wildman–Crippen MR) is 126 cm³/mol. The number of nitrogens with zero attached hydrogens (tertiary/aromatic N) is 1. The molecule has 0 fully saturated rings. The maximum atomic E-state index is 14.1. The lowest BCUT2D eigenvalue weighted by atomic mass is 9.98. The molecule has 0 aliphatic carbocycles. The van der Waals surface area contributed by atoms with Gasteiger partial charge in [0, 0.05) is 16.1 Å². The minimum absolute atomic E-state index is 0.00466. The molecule has 2 atom stereocenters. The molecule has 2 N–H and O–H groups in total. The largest absolute Gasteiger partial charge is 0.495 e. The minimum Gasteiger partial charge on any atom is -0.495 e. The van der Waals surface area contributed by atoms with E-state index in [2.05, 4.69) is 0 Å². The second-order valence-electron chi connectivity index (χ2n) is 7.15. The minimum atomic E-state index is -4.12. The summed E-state index contributed by atoms with van der Waals surface area (Å²) in [4.78, 5) is 12.9. The molecule has 0 aromatic heterocycles. The van der Waals surface area contributed by atoms with Crippen LogP contribution < -0.4 is 9.64 Å². The van der Waals surface area contributed by atoms with E-state index in [1.54, 1.807) is 25.1 Å². The molecule has 0 saturated carbocycles. The zero-order chi connectivity index (χ0) is 25.2. The molecular formula is C22H20Cl3F2N3O4. The first-order valence-electron chi connectivity index (χ1n) is 9.96. The van der Waals surface area contributed by atoms with Crippen LogP contribution in [0.25, 0.3) is 0 Å². The Balaban J connectivity index is 2.26. The third kappa shape index (κ3) is 5.27. The van der Waals surface area contributed by atoms with Crippen LogP contribution in [-0.2, 0) is 14.3 Å². The van der Waals surface area contributed by atoms with E-state index in [-0.39, 0.29) is 27.9 Å². The van der Waals surface area contributed by atoms with E-state index in [1.807, 2.05) is 0 Å². The highest BCUT2D eigenvalue weighted by molar-refractivity contribution is 6.38. The van der Waals surface area contributed by atoms with Gasteiger partial charge in [0.2, 0.25) is 0 Å². The fourth-order valence-corrected chi connectivity index (χ4v) is 4.09. The van der Waals surface area contributed by atoms with Crippen LogP contribution in [0.15, 0.2) is 36.4 Å². The topological polar surface area (TPSA) is 95.7 Å². The Labute approximate surface area is 209 Å². The second kappa shape index (κ2) is 10.4. The van der Waals surface area contributed by atoms with Crippen molar-refractivity contribution < 1.29 is 27.8 Å². The van der Waals surface area contributed by atoms with Gasteiger partial charge in [-0.3, -0.25) is 20.5 Å². The molecule has 1 aliphatic heterocycles. The maximum absolute atomic E-state index is 14.1. The molecule has 12 heteroatoms. The number of amidine groups is 2. The van der Waals surface area contributed by atoms with Crippen LogP contribution >= 0.6 is 34.8 Å². The Hall–Kier alpha value is -2.46. The molecule has 0 radical (unpaired) electrons. The van der Waals surface area contributed by atoms with Gasteiger partial charge < -0.3 is 14.2 Å². The van der Waals surface area contributed by atoms with E-state index in [0.717, 1.165) is 0 Å². The van der Waals surface area contributed by atoms with Crippen molar-refractivity contribution in [3.05, 3.63) is 57.6 Å². The van der Waals surface area contributed by atoms with Gasteiger partial charge >= 0.3 is 11.4 Å². The molecule has 3 rings (SSSR count). The first kappa shape index (κ1) is 26.2. The number of esters is 1. The Morgan fingerprint density at radius 2 is 1.94 bits per heavy atom. The highest BCUT2D eigenvalue weighted by atomic mass is 35.5. The SMILES string of the molecule is CCOC(=O)C[C@@H]1OC(c2cccc(OC)c2Cl)c2cc(Cl)ccc2N(C(=N)C(F)(F)Cl)C1=N. The van der Waals surface area contributed by atoms with Crippen molar-refractivity contribution in [2.45, 2.75) is 30.9 Å². The number of nitrogens with one attached hydrogen (secondary N) is 2. The van der Waals surface area contributed by atoms with E-state index in [1.165, 1.54) is 25.3 Å². The zero-order valence-electron chi connectivity index (χ0n) is 18.0. The maximum Gasteiger partial charge on any atom is 0.379 e. The van der Waals surface area contributed by atoms with Gasteiger partial charge in [-0.15, -0.1) is 0 Å². The van der Waals surface area contributed by atoms with E-state index >= 15 is 0 Å². The third-order valence-electron chi connectivity index (χ3n) is 5.00. The molecule has 0 spiro atoms. The molecule has 1 unspecified atom stereocenters. The van der Waals surface area contributed by atoms with Crippen LogP contribution in [-0.4, -0.2) is 42.8 Å². The molecule has 182 valence electrons. The van der Waals surface area contributed by atoms with Gasteiger partial charge in [0.1, 0.15) is 23.8 Å². The number of methoxy groups -OCH3 is 1. The van der Waals surface area contributed by atoms with Crippen molar-refractivity contribution in [1.82, 2.24) is 0 Å². The van der Waals surface area contributed by atoms with Crippen molar-refractivity contribution in [2.24, 2.45) is 0 Å². The number of benzene rings is 2. The summed E-state index contributed by atoms with van der Waals surface area (Å²) in [5, 5.41) is 12.9. The van der Waals surface area contributed by atoms with Crippen molar-refractivity contribution in [3.63, 3.8) is 0 Å². The zero-order valence-corrected chi connectivity index (χ0v) is 20.3. The van der Waals surface area contributed by atoms with Crippen molar-refractivity contribution in [1.29, 1.82) is 10.8 Å². The monoisotopic (exact) mass is 533 g/mol. The fraction of sp³-hybridized carbons (Fsp3) is 0.318. The second-order valence-corrected chi connectivity index (χ2v) is 8.44. The Morgan fingerprint density at radius 3 is 2.56 bits per heavy atom. The first-order valence-corrected chi connectivity index (χ1v) is 11.1. The number of ether oxygens (including phenoxy) is 3. The summed E-state index contributed by atoms with van der Waals surface area (Å²) in [5.41, 5.74) is 0.594. The smallest absolute Gasteiger partial charge is 0.379 e. The van der Waals surface area contributed by atoms with Crippen molar-refractivity contribution >= 4 is 58.1 Å². The van der Waals surface area contributed by atoms with Crippen LogP contribution in [0.3, 0.4) is 0 Å². The lowest BCUT2D eigenvalue weighted by Gasteiger charge is -2.29. The summed E-state index contributed by atoms with van der Waals surface area (Å²) >= 11 is 17.9. The van der Waals surface area contributed by atoms with E-state index in [4.69, 9.17) is 59.8 Å². The molecule has 1 heterocycles. The van der Waals surface area contributed by atoms with Crippen LogP contribution in [0.1, 0.15) is 30.6 Å². The molecule has 1 aliphatic rings. The lowest BCUT2D eigenvalue weighted by molar-refractivity contribution is -0.145. The molecule has 0 saturated heterocycles. The van der Waals surface area contributed by atoms with Crippen molar-refractivity contribution in [3.8, 4) is 5.75 Å². The number of rotatable bonds is 6. The standard InChI is InChI=1S/C22H20Cl3F2N3O4/c1-3-33-17(31)10-16-20(28)30(21(29)22(25,26)27)14-8-7-11(23)9-13(14)19(34-16)12-5-4-6-15(32-2)18(12)24/h4-9,16,19,28-29H,3,10H2,1-2H3/t16-,19?/m0/s1. The first-order chi connectivity index (χ1) is 16.0. The number of fused-ring (bicyclic) bond motifs is 1. The highest BCUT2D eigenvalue weighted by Gasteiger charge is 2.44. The number of anilines is 1. The Kier molecular flexibility index (Phi) is 8.02. The van der Waals surface area contributed by atoms with Crippen molar-refractivity contribution in [2.75, 3.05) is 18.6 Å².